The van der Waals surface area contributed by atoms with E-state index in [1.807, 2.05) is 0 Å². The maximum Gasteiger partial charge on any atom is 0.255 e. The van der Waals surface area contributed by atoms with Gasteiger partial charge >= 0.3 is 0 Å². The average molecular weight is 470 g/mol. The third-order valence-corrected chi connectivity index (χ3v) is 5.72. The maximum absolute atomic E-state index is 13.3. The number of nitrogen functional groups attached to an aromatic ring is 1. The minimum Gasteiger partial charge on any atom is -0.485 e. The molecule has 4 N–H and O–H groups in total. The molecule has 0 saturated carbocycles. The minimum atomic E-state index is -0.606. The van der Waals surface area contributed by atoms with E-state index in [9.17, 15) is 9.59 Å². The van der Waals surface area contributed by atoms with Crippen LogP contribution in [0.15, 0.2) is 35.5 Å². The summed E-state index contributed by atoms with van der Waals surface area (Å²) in [7, 11) is 0. The molecule has 0 spiro atoms. The lowest BCUT2D eigenvalue weighted by molar-refractivity contribution is 0.0923. The van der Waals surface area contributed by atoms with Gasteiger partial charge < -0.3 is 25.8 Å². The van der Waals surface area contributed by atoms with Crippen LogP contribution in [0.4, 0.5) is 5.69 Å². The molecule has 3 aromatic rings. The number of aromatic nitrogens is 4. The fourth-order valence-corrected chi connectivity index (χ4v) is 4.03. The zero-order valence-electron chi connectivity index (χ0n) is 17.4. The molecule has 1 atom stereocenters. The van der Waals surface area contributed by atoms with Gasteiger partial charge in [0.2, 0.25) is 0 Å². The van der Waals surface area contributed by atoms with Crippen molar-refractivity contribution in [3.63, 3.8) is 0 Å². The van der Waals surface area contributed by atoms with E-state index in [1.54, 1.807) is 16.8 Å². The van der Waals surface area contributed by atoms with E-state index in [1.165, 1.54) is 18.5 Å². The molecule has 0 radical (unpaired) electrons. The summed E-state index contributed by atoms with van der Waals surface area (Å²) in [5, 5.41) is 6.36. The van der Waals surface area contributed by atoms with Crippen LogP contribution in [0.2, 0.25) is 5.02 Å². The average Bonchev–Trinajstić information content (AvgIpc) is 3.04. The van der Waals surface area contributed by atoms with E-state index in [4.69, 9.17) is 26.8 Å². The van der Waals surface area contributed by atoms with Gasteiger partial charge in [-0.1, -0.05) is 11.6 Å². The first-order valence-corrected chi connectivity index (χ1v) is 10.7. The first kappa shape index (κ1) is 21.2. The summed E-state index contributed by atoms with van der Waals surface area (Å²) >= 11 is 6.23. The number of amides is 1. The van der Waals surface area contributed by atoms with Crippen molar-refractivity contribution in [2.75, 3.05) is 32.0 Å². The number of hydrogen-bond donors (Lipinski definition) is 3. The molecule has 2 aliphatic rings. The number of anilines is 1. The Labute approximate surface area is 192 Å². The highest BCUT2D eigenvalue weighted by Gasteiger charge is 2.29. The molecule has 0 bridgehead atoms. The molecule has 2 aliphatic heterocycles. The van der Waals surface area contributed by atoms with E-state index in [0.717, 1.165) is 0 Å². The molecule has 1 unspecified atom stereocenters. The third kappa shape index (κ3) is 3.96. The molecular weight excluding hydrogens is 450 g/mol. The molecule has 11 nitrogen and oxygen atoms in total. The monoisotopic (exact) mass is 469 g/mol. The molecule has 5 rings (SSSR count). The normalized spacial score (nSPS) is 17.1. The molecule has 0 aliphatic carbocycles. The Bertz CT molecular complexity index is 1280. The number of hydrogen-bond acceptors (Lipinski definition) is 9. The van der Waals surface area contributed by atoms with E-state index < -0.39 is 11.9 Å². The second-order valence-corrected chi connectivity index (χ2v) is 7.90. The Balaban J connectivity index is 1.53. The number of halogens is 1. The molecule has 2 aromatic heterocycles. The molecule has 170 valence electrons. The summed E-state index contributed by atoms with van der Waals surface area (Å²) in [6, 6.07) is 3.94. The van der Waals surface area contributed by atoms with Crippen LogP contribution >= 0.6 is 11.6 Å². The Morgan fingerprint density at radius 1 is 1.24 bits per heavy atom. The lowest BCUT2D eigenvalue weighted by atomic mass is 10.1. The van der Waals surface area contributed by atoms with Gasteiger partial charge in [-0.25, -0.2) is 15.0 Å². The number of carbonyl (C=O) groups excluding carboxylic acids is 1. The molecule has 4 heterocycles. The summed E-state index contributed by atoms with van der Waals surface area (Å²) in [6.45, 7) is 1.91. The van der Waals surface area contributed by atoms with Crippen LogP contribution in [0, 0.1) is 0 Å². The van der Waals surface area contributed by atoms with Crippen molar-refractivity contribution in [1.29, 1.82) is 0 Å². The van der Waals surface area contributed by atoms with Gasteiger partial charge in [0.15, 0.2) is 11.5 Å². The highest BCUT2D eigenvalue weighted by Crippen LogP contribution is 2.43. The van der Waals surface area contributed by atoms with Gasteiger partial charge in [0.1, 0.15) is 25.4 Å². The first-order chi connectivity index (χ1) is 16.0. The number of rotatable bonds is 3. The molecule has 1 amide bonds. The summed E-state index contributed by atoms with van der Waals surface area (Å²) < 4.78 is 12.8. The number of ether oxygens (including phenoxy) is 2. The second-order valence-electron chi connectivity index (χ2n) is 7.49. The standard InChI is InChI=1S/C21H20ClN7O4/c22-12-7-11(18-19(17(12)23)33-6-5-32-18)21(31)28-15-9-24-3-4-29-16(30)8-14(27-20(15)29)13-1-2-25-10-26-13/h1-2,7-8,10,15,24H,3-6,9,23H2,(H,28,31). The van der Waals surface area contributed by atoms with Crippen molar-refractivity contribution >= 4 is 23.2 Å². The van der Waals surface area contributed by atoms with Gasteiger partial charge in [-0.3, -0.25) is 14.2 Å². The lowest BCUT2D eigenvalue weighted by Crippen LogP contribution is -2.37. The SMILES string of the molecule is Nc1c(Cl)cc(C(=O)NC2CNCCn3c2nc(-c2ccncn2)cc3=O)c2c1OCCO2. The van der Waals surface area contributed by atoms with E-state index in [0.29, 0.717) is 43.5 Å². The van der Waals surface area contributed by atoms with Crippen LogP contribution in [0.3, 0.4) is 0 Å². The smallest absolute Gasteiger partial charge is 0.255 e. The number of fused-ring (bicyclic) bond motifs is 2. The topological polar surface area (TPSA) is 146 Å². The van der Waals surface area contributed by atoms with E-state index in [2.05, 4.69) is 25.6 Å². The third-order valence-electron chi connectivity index (χ3n) is 5.40. The van der Waals surface area contributed by atoms with Gasteiger partial charge in [-0.05, 0) is 12.1 Å². The summed E-state index contributed by atoms with van der Waals surface area (Å²) in [4.78, 5) is 38.9. The number of nitrogens with zero attached hydrogens (tertiary/aromatic N) is 4. The fraction of sp³-hybridized carbons (Fsp3) is 0.286. The van der Waals surface area contributed by atoms with Crippen LogP contribution in [-0.2, 0) is 6.54 Å². The Hall–Kier alpha value is -3.70. The van der Waals surface area contributed by atoms with Gasteiger partial charge in [-0.2, -0.15) is 0 Å². The number of nitrogens with two attached hydrogens (primary N) is 1. The van der Waals surface area contributed by atoms with Crippen LogP contribution in [-0.4, -0.2) is 51.7 Å². The van der Waals surface area contributed by atoms with Crippen molar-refractivity contribution in [2.45, 2.75) is 12.6 Å². The van der Waals surface area contributed by atoms with Crippen LogP contribution < -0.4 is 31.4 Å². The Kier molecular flexibility index (Phi) is 5.56. The van der Waals surface area contributed by atoms with Crippen molar-refractivity contribution in [1.82, 2.24) is 30.2 Å². The molecule has 12 heteroatoms. The summed E-state index contributed by atoms with van der Waals surface area (Å²) in [5.41, 5.74) is 7.07. The zero-order valence-corrected chi connectivity index (χ0v) is 18.1. The first-order valence-electron chi connectivity index (χ1n) is 10.3. The van der Waals surface area contributed by atoms with Crippen LogP contribution in [0.1, 0.15) is 22.2 Å². The second kappa shape index (κ2) is 8.68. The predicted molar refractivity (Wildman–Crippen MR) is 119 cm³/mol. The summed E-state index contributed by atoms with van der Waals surface area (Å²) in [6.07, 6.45) is 2.96. The number of nitrogens with one attached hydrogen (secondary N) is 2. The van der Waals surface area contributed by atoms with Crippen LogP contribution in [0.25, 0.3) is 11.4 Å². The predicted octanol–water partition coefficient (Wildman–Crippen LogP) is 0.781. The van der Waals surface area contributed by atoms with Crippen molar-refractivity contribution in [3.8, 4) is 22.9 Å². The minimum absolute atomic E-state index is 0.184. The zero-order chi connectivity index (χ0) is 22.9. The van der Waals surface area contributed by atoms with E-state index in [-0.39, 0.29) is 39.9 Å². The largest absolute Gasteiger partial charge is 0.485 e. The summed E-state index contributed by atoms with van der Waals surface area (Å²) in [5.74, 6) is 0.448. The highest BCUT2D eigenvalue weighted by atomic mass is 35.5. The highest BCUT2D eigenvalue weighted by molar-refractivity contribution is 6.34. The maximum atomic E-state index is 13.3. The Morgan fingerprint density at radius 2 is 2.06 bits per heavy atom. The quantitative estimate of drug-likeness (QED) is 0.473. The van der Waals surface area contributed by atoms with E-state index >= 15 is 0 Å². The number of carbonyl (C=O) groups is 1. The molecule has 0 saturated heterocycles. The van der Waals surface area contributed by atoms with Gasteiger partial charge in [0, 0.05) is 31.9 Å². The van der Waals surface area contributed by atoms with Crippen molar-refractivity contribution in [3.05, 3.63) is 57.5 Å². The fourth-order valence-electron chi connectivity index (χ4n) is 3.83. The lowest BCUT2D eigenvalue weighted by Gasteiger charge is -2.24. The van der Waals surface area contributed by atoms with Gasteiger partial charge in [0.25, 0.3) is 11.5 Å². The van der Waals surface area contributed by atoms with Crippen molar-refractivity contribution in [2.24, 2.45) is 0 Å². The molecule has 33 heavy (non-hydrogen) atoms. The van der Waals surface area contributed by atoms with Gasteiger partial charge in [0.05, 0.1) is 33.7 Å². The van der Waals surface area contributed by atoms with Crippen molar-refractivity contribution < 1.29 is 14.3 Å². The molecule has 1 aromatic carbocycles. The Morgan fingerprint density at radius 3 is 2.85 bits per heavy atom. The van der Waals surface area contributed by atoms with Gasteiger partial charge in [-0.15, -0.1) is 0 Å². The number of benzene rings is 1. The molecular formula is C21H20ClN7O4. The molecule has 0 fully saturated rings. The van der Waals surface area contributed by atoms with Crippen LogP contribution in [0.5, 0.6) is 11.5 Å².